The van der Waals surface area contributed by atoms with Gasteiger partial charge in [-0.3, -0.25) is 4.79 Å². The first-order chi connectivity index (χ1) is 8.47. The van der Waals surface area contributed by atoms with Gasteiger partial charge in [0.2, 0.25) is 5.91 Å². The van der Waals surface area contributed by atoms with Gasteiger partial charge >= 0.3 is 0 Å². The van der Waals surface area contributed by atoms with E-state index in [2.05, 4.69) is 41.8 Å². The number of rotatable bonds is 6. The van der Waals surface area contributed by atoms with Crippen molar-refractivity contribution in [1.29, 1.82) is 0 Å². The van der Waals surface area contributed by atoms with Crippen molar-refractivity contribution in [3.05, 3.63) is 35.9 Å². The van der Waals surface area contributed by atoms with Gasteiger partial charge in [0.05, 0.1) is 5.54 Å². The molecule has 1 rings (SSSR count). The quantitative estimate of drug-likeness (QED) is 0.811. The van der Waals surface area contributed by atoms with E-state index in [9.17, 15) is 4.79 Å². The highest BCUT2D eigenvalue weighted by atomic mass is 16.2. The first kappa shape index (κ1) is 14.7. The zero-order chi connectivity index (χ0) is 13.6. The Morgan fingerprint density at radius 3 is 2.44 bits per heavy atom. The third-order valence-electron chi connectivity index (χ3n) is 3.42. The molecule has 3 heteroatoms. The van der Waals surface area contributed by atoms with Crippen LogP contribution in [0.4, 0.5) is 0 Å². The summed E-state index contributed by atoms with van der Waals surface area (Å²) in [5.74, 6) is 0.509. The SMILES string of the molecule is CNC(C)(C)C(=O)NCCC(C)c1ccccc1. The van der Waals surface area contributed by atoms with E-state index in [-0.39, 0.29) is 5.91 Å². The molecule has 1 amide bonds. The number of likely N-dealkylation sites (N-methyl/N-ethyl adjacent to an activating group) is 1. The van der Waals surface area contributed by atoms with Crippen molar-refractivity contribution in [2.24, 2.45) is 0 Å². The van der Waals surface area contributed by atoms with Crippen molar-refractivity contribution in [3.8, 4) is 0 Å². The number of benzene rings is 1. The first-order valence-corrected chi connectivity index (χ1v) is 6.49. The zero-order valence-electron chi connectivity index (χ0n) is 11.8. The van der Waals surface area contributed by atoms with E-state index in [4.69, 9.17) is 0 Å². The second-order valence-electron chi connectivity index (χ2n) is 5.23. The van der Waals surface area contributed by atoms with Crippen LogP contribution in [0.25, 0.3) is 0 Å². The standard InChI is InChI=1S/C15H24N2O/c1-12(13-8-6-5-7-9-13)10-11-17-14(18)15(2,3)16-4/h5-9,12,16H,10-11H2,1-4H3,(H,17,18). The molecule has 0 radical (unpaired) electrons. The van der Waals surface area contributed by atoms with Gasteiger partial charge in [0.15, 0.2) is 0 Å². The minimum atomic E-state index is -0.504. The van der Waals surface area contributed by atoms with E-state index in [0.29, 0.717) is 12.5 Å². The normalized spacial score (nSPS) is 13.1. The maximum atomic E-state index is 11.8. The number of hydrogen-bond donors (Lipinski definition) is 2. The lowest BCUT2D eigenvalue weighted by atomic mass is 9.97. The Hall–Kier alpha value is -1.35. The van der Waals surface area contributed by atoms with E-state index >= 15 is 0 Å². The van der Waals surface area contributed by atoms with Crippen molar-refractivity contribution in [1.82, 2.24) is 10.6 Å². The summed E-state index contributed by atoms with van der Waals surface area (Å²) in [5.41, 5.74) is 0.815. The van der Waals surface area contributed by atoms with Crippen molar-refractivity contribution < 1.29 is 4.79 Å². The molecule has 0 aliphatic rings. The molecule has 0 saturated carbocycles. The van der Waals surface area contributed by atoms with Crippen LogP contribution >= 0.6 is 0 Å². The summed E-state index contributed by atoms with van der Waals surface area (Å²) in [6.45, 7) is 6.65. The lowest BCUT2D eigenvalue weighted by Crippen LogP contribution is -2.51. The van der Waals surface area contributed by atoms with E-state index in [0.717, 1.165) is 6.42 Å². The Balaban J connectivity index is 2.37. The molecule has 18 heavy (non-hydrogen) atoms. The van der Waals surface area contributed by atoms with E-state index < -0.39 is 5.54 Å². The highest BCUT2D eigenvalue weighted by Crippen LogP contribution is 2.17. The van der Waals surface area contributed by atoms with Crippen molar-refractivity contribution >= 4 is 5.91 Å². The monoisotopic (exact) mass is 248 g/mol. The van der Waals surface area contributed by atoms with E-state index in [1.165, 1.54) is 5.56 Å². The molecule has 1 aromatic rings. The molecule has 0 aromatic heterocycles. The summed E-state index contributed by atoms with van der Waals surface area (Å²) < 4.78 is 0. The van der Waals surface area contributed by atoms with Gasteiger partial charge in [-0.25, -0.2) is 0 Å². The summed E-state index contributed by atoms with van der Waals surface area (Å²) in [5, 5.41) is 5.97. The Labute approximate surface area is 110 Å². The van der Waals surface area contributed by atoms with Crippen LogP contribution in [-0.4, -0.2) is 25.0 Å². The Morgan fingerprint density at radius 2 is 1.89 bits per heavy atom. The van der Waals surface area contributed by atoms with Crippen LogP contribution in [0.1, 0.15) is 38.7 Å². The summed E-state index contributed by atoms with van der Waals surface area (Å²) in [6, 6.07) is 10.4. The molecule has 0 spiro atoms. The van der Waals surface area contributed by atoms with Crippen molar-refractivity contribution in [2.75, 3.05) is 13.6 Å². The molecule has 3 nitrogen and oxygen atoms in total. The van der Waals surface area contributed by atoms with Gasteiger partial charge in [-0.2, -0.15) is 0 Å². The van der Waals surface area contributed by atoms with Gasteiger partial charge in [-0.15, -0.1) is 0 Å². The lowest BCUT2D eigenvalue weighted by molar-refractivity contribution is -0.126. The van der Waals surface area contributed by atoms with E-state index in [1.807, 2.05) is 19.9 Å². The van der Waals surface area contributed by atoms with Crippen molar-refractivity contribution in [3.63, 3.8) is 0 Å². The van der Waals surface area contributed by atoms with Gasteiger partial charge in [0.25, 0.3) is 0 Å². The summed E-state index contributed by atoms with van der Waals surface area (Å²) in [4.78, 5) is 11.8. The molecule has 0 heterocycles. The number of carbonyl (C=O) groups is 1. The Morgan fingerprint density at radius 1 is 1.28 bits per heavy atom. The van der Waals surface area contributed by atoms with Crippen LogP contribution in [0.3, 0.4) is 0 Å². The minimum absolute atomic E-state index is 0.0465. The smallest absolute Gasteiger partial charge is 0.239 e. The number of nitrogens with one attached hydrogen (secondary N) is 2. The Kier molecular flexibility index (Phi) is 5.35. The van der Waals surface area contributed by atoms with Crippen molar-refractivity contribution in [2.45, 2.75) is 38.6 Å². The largest absolute Gasteiger partial charge is 0.354 e. The van der Waals surface area contributed by atoms with Crippen LogP contribution in [0.2, 0.25) is 0 Å². The summed E-state index contributed by atoms with van der Waals surface area (Å²) in [6.07, 6.45) is 0.954. The molecule has 100 valence electrons. The fraction of sp³-hybridized carbons (Fsp3) is 0.533. The highest BCUT2D eigenvalue weighted by Gasteiger charge is 2.24. The molecule has 0 fully saturated rings. The van der Waals surface area contributed by atoms with Crippen LogP contribution in [0.15, 0.2) is 30.3 Å². The highest BCUT2D eigenvalue weighted by molar-refractivity contribution is 5.85. The number of amides is 1. The molecule has 1 aromatic carbocycles. The maximum absolute atomic E-state index is 11.8. The predicted octanol–water partition coefficient (Wildman–Crippen LogP) is 2.29. The van der Waals surface area contributed by atoms with Crippen LogP contribution in [-0.2, 0) is 4.79 Å². The second kappa shape index (κ2) is 6.55. The molecule has 1 unspecified atom stereocenters. The predicted molar refractivity (Wildman–Crippen MR) is 75.6 cm³/mol. The molecule has 1 atom stereocenters. The summed E-state index contributed by atoms with van der Waals surface area (Å²) in [7, 11) is 1.80. The number of hydrogen-bond acceptors (Lipinski definition) is 2. The van der Waals surface area contributed by atoms with Gasteiger partial charge in [-0.1, -0.05) is 37.3 Å². The Bertz CT molecular complexity index is 373. The molecule has 0 aliphatic heterocycles. The minimum Gasteiger partial charge on any atom is -0.354 e. The zero-order valence-corrected chi connectivity index (χ0v) is 11.8. The molecule has 2 N–H and O–H groups in total. The molecular weight excluding hydrogens is 224 g/mol. The third-order valence-corrected chi connectivity index (χ3v) is 3.42. The molecular formula is C15H24N2O. The average molecular weight is 248 g/mol. The fourth-order valence-electron chi connectivity index (χ4n) is 1.68. The molecule has 0 saturated heterocycles. The maximum Gasteiger partial charge on any atom is 0.239 e. The van der Waals surface area contributed by atoms with Crippen LogP contribution < -0.4 is 10.6 Å². The third kappa shape index (κ3) is 4.15. The fourth-order valence-corrected chi connectivity index (χ4v) is 1.68. The van der Waals surface area contributed by atoms with Gasteiger partial charge < -0.3 is 10.6 Å². The molecule has 0 aliphatic carbocycles. The van der Waals surface area contributed by atoms with Gasteiger partial charge in [0.1, 0.15) is 0 Å². The second-order valence-corrected chi connectivity index (χ2v) is 5.23. The number of carbonyl (C=O) groups excluding carboxylic acids is 1. The van der Waals surface area contributed by atoms with Gasteiger partial charge in [0, 0.05) is 6.54 Å². The first-order valence-electron chi connectivity index (χ1n) is 6.49. The average Bonchev–Trinajstić information content (AvgIpc) is 2.39. The topological polar surface area (TPSA) is 41.1 Å². The lowest BCUT2D eigenvalue weighted by Gasteiger charge is -2.23. The van der Waals surface area contributed by atoms with Gasteiger partial charge in [-0.05, 0) is 38.8 Å². The summed E-state index contributed by atoms with van der Waals surface area (Å²) >= 11 is 0. The van der Waals surface area contributed by atoms with E-state index in [1.54, 1.807) is 7.05 Å². The molecule has 0 bridgehead atoms. The van der Waals surface area contributed by atoms with Crippen LogP contribution in [0, 0.1) is 0 Å². The van der Waals surface area contributed by atoms with Crippen LogP contribution in [0.5, 0.6) is 0 Å².